The molecule has 0 unspecified atom stereocenters. The van der Waals surface area contributed by atoms with Gasteiger partial charge in [-0.05, 0) is 37.3 Å². The number of sulfonamides is 1. The van der Waals surface area contributed by atoms with Gasteiger partial charge in [0, 0.05) is 39.3 Å². The second kappa shape index (κ2) is 7.98. The van der Waals surface area contributed by atoms with Crippen LogP contribution in [0.25, 0.3) is 10.3 Å². The van der Waals surface area contributed by atoms with Gasteiger partial charge in [-0.2, -0.15) is 4.31 Å². The first kappa shape index (κ1) is 21.1. The van der Waals surface area contributed by atoms with Gasteiger partial charge < -0.3 is 14.5 Å². The molecule has 1 amide bonds. The van der Waals surface area contributed by atoms with E-state index in [9.17, 15) is 13.2 Å². The number of hydrogen-bond donors (Lipinski definition) is 0. The minimum absolute atomic E-state index is 0.144. The van der Waals surface area contributed by atoms with Crippen LogP contribution >= 0.6 is 11.3 Å². The van der Waals surface area contributed by atoms with Crippen LogP contribution in [0.4, 0.5) is 10.8 Å². The standard InChI is InChI=1S/C21H23N5O4S2/c1-14-13-26(15(2)27)18-12-16(5-6-19(18)30-14)32(28,29)25-10-8-24(9-11-25)21-23-17-4-3-7-22-20(17)31-21/h3-7,12,14H,8-11,13H2,1-2H3/t14-/m0/s1. The second-order valence-corrected chi connectivity index (χ2v) is 10.8. The number of rotatable bonds is 3. The molecule has 2 aromatic heterocycles. The summed E-state index contributed by atoms with van der Waals surface area (Å²) in [5.74, 6) is 0.377. The number of carbonyl (C=O) groups is 1. The number of benzene rings is 1. The first-order chi connectivity index (χ1) is 15.3. The molecule has 32 heavy (non-hydrogen) atoms. The lowest BCUT2D eigenvalue weighted by Crippen LogP contribution is -2.48. The summed E-state index contributed by atoms with van der Waals surface area (Å²) in [7, 11) is -3.70. The summed E-state index contributed by atoms with van der Waals surface area (Å²) in [5, 5.41) is 0.855. The van der Waals surface area contributed by atoms with Gasteiger partial charge in [-0.25, -0.2) is 18.4 Å². The summed E-state index contributed by atoms with van der Waals surface area (Å²) in [4.78, 5) is 25.8. The third kappa shape index (κ3) is 3.70. The third-order valence-electron chi connectivity index (χ3n) is 5.67. The maximum atomic E-state index is 13.3. The number of amides is 1. The number of ether oxygens (including phenoxy) is 1. The summed E-state index contributed by atoms with van der Waals surface area (Å²) in [6.07, 6.45) is 1.59. The van der Waals surface area contributed by atoms with E-state index < -0.39 is 10.0 Å². The molecule has 1 atom stereocenters. The molecule has 168 valence electrons. The molecule has 1 fully saturated rings. The molecule has 0 N–H and O–H groups in total. The van der Waals surface area contributed by atoms with E-state index in [-0.39, 0.29) is 16.9 Å². The maximum Gasteiger partial charge on any atom is 0.243 e. The zero-order chi connectivity index (χ0) is 22.5. The highest BCUT2D eigenvalue weighted by atomic mass is 32.2. The predicted octanol–water partition coefficient (Wildman–Crippen LogP) is 2.34. The molecule has 3 aromatic rings. The van der Waals surface area contributed by atoms with Gasteiger partial charge in [0.1, 0.15) is 22.2 Å². The lowest BCUT2D eigenvalue weighted by Gasteiger charge is -2.35. The number of pyridine rings is 1. The Morgan fingerprint density at radius 1 is 1.19 bits per heavy atom. The van der Waals surface area contributed by atoms with Crippen LogP contribution in [-0.4, -0.2) is 67.4 Å². The molecule has 0 radical (unpaired) electrons. The van der Waals surface area contributed by atoms with Crippen LogP contribution in [-0.2, 0) is 14.8 Å². The molecular weight excluding hydrogens is 450 g/mol. The lowest BCUT2D eigenvalue weighted by molar-refractivity contribution is -0.117. The molecule has 0 aliphatic carbocycles. The lowest BCUT2D eigenvalue weighted by atomic mass is 10.2. The van der Waals surface area contributed by atoms with Crippen LogP contribution in [0.5, 0.6) is 5.75 Å². The second-order valence-electron chi connectivity index (χ2n) is 7.90. The molecule has 0 saturated carbocycles. The van der Waals surface area contributed by atoms with Crippen molar-refractivity contribution in [2.75, 3.05) is 42.5 Å². The van der Waals surface area contributed by atoms with Crippen LogP contribution in [0.1, 0.15) is 13.8 Å². The van der Waals surface area contributed by atoms with E-state index in [1.54, 1.807) is 29.3 Å². The van der Waals surface area contributed by atoms with Crippen molar-refractivity contribution in [1.29, 1.82) is 0 Å². The Morgan fingerprint density at radius 3 is 2.69 bits per heavy atom. The fraction of sp³-hybridized carbons (Fsp3) is 0.381. The Bertz CT molecular complexity index is 1250. The number of hydrogen-bond acceptors (Lipinski definition) is 8. The van der Waals surface area contributed by atoms with E-state index >= 15 is 0 Å². The molecule has 0 spiro atoms. The fourth-order valence-corrected chi connectivity index (χ4v) is 6.44. The van der Waals surface area contributed by atoms with Gasteiger partial charge in [0.2, 0.25) is 15.9 Å². The third-order valence-corrected chi connectivity index (χ3v) is 8.61. The minimum Gasteiger partial charge on any atom is -0.487 e. The normalized spacial score (nSPS) is 19.6. The van der Waals surface area contributed by atoms with E-state index in [0.29, 0.717) is 44.2 Å². The first-order valence-corrected chi connectivity index (χ1v) is 12.6. The van der Waals surface area contributed by atoms with Crippen LogP contribution in [0.15, 0.2) is 41.4 Å². The summed E-state index contributed by atoms with van der Waals surface area (Å²) >= 11 is 1.51. The highest BCUT2D eigenvalue weighted by molar-refractivity contribution is 7.89. The Kier molecular flexibility index (Phi) is 5.26. The maximum absolute atomic E-state index is 13.3. The van der Waals surface area contributed by atoms with E-state index in [4.69, 9.17) is 4.74 Å². The van der Waals surface area contributed by atoms with Crippen molar-refractivity contribution in [2.45, 2.75) is 24.8 Å². The van der Waals surface area contributed by atoms with Gasteiger partial charge in [0.05, 0.1) is 17.1 Å². The number of fused-ring (bicyclic) bond motifs is 2. The summed E-state index contributed by atoms with van der Waals surface area (Å²) in [5.41, 5.74) is 1.35. The van der Waals surface area contributed by atoms with Gasteiger partial charge in [0.15, 0.2) is 5.13 Å². The van der Waals surface area contributed by atoms with E-state index in [0.717, 1.165) is 15.5 Å². The zero-order valence-corrected chi connectivity index (χ0v) is 19.4. The van der Waals surface area contributed by atoms with Crippen molar-refractivity contribution >= 4 is 48.4 Å². The van der Waals surface area contributed by atoms with Crippen LogP contribution in [0.3, 0.4) is 0 Å². The fourth-order valence-electron chi connectivity index (χ4n) is 4.04. The summed E-state index contributed by atoms with van der Waals surface area (Å²) < 4.78 is 34.0. The molecule has 0 bridgehead atoms. The van der Waals surface area contributed by atoms with Crippen LogP contribution in [0, 0.1) is 0 Å². The monoisotopic (exact) mass is 473 g/mol. The van der Waals surface area contributed by atoms with E-state index in [1.165, 1.54) is 22.6 Å². The highest BCUT2D eigenvalue weighted by Crippen LogP contribution is 2.36. The number of piperazine rings is 1. The number of nitrogens with zero attached hydrogens (tertiary/aromatic N) is 5. The van der Waals surface area contributed by atoms with Gasteiger partial charge in [-0.15, -0.1) is 0 Å². The number of thiazole rings is 1. The van der Waals surface area contributed by atoms with Gasteiger partial charge in [-0.3, -0.25) is 4.79 Å². The smallest absolute Gasteiger partial charge is 0.243 e. The molecule has 1 aromatic carbocycles. The highest BCUT2D eigenvalue weighted by Gasteiger charge is 2.32. The van der Waals surface area contributed by atoms with Crippen molar-refractivity contribution in [3.8, 4) is 5.75 Å². The topological polar surface area (TPSA) is 95.9 Å². The minimum atomic E-state index is -3.70. The van der Waals surface area contributed by atoms with E-state index in [1.807, 2.05) is 19.1 Å². The van der Waals surface area contributed by atoms with Crippen molar-refractivity contribution in [3.63, 3.8) is 0 Å². The number of carbonyl (C=O) groups excluding carboxylic acids is 1. The van der Waals surface area contributed by atoms with Gasteiger partial charge in [0.25, 0.3) is 0 Å². The predicted molar refractivity (Wildman–Crippen MR) is 123 cm³/mol. The average Bonchev–Trinajstić information content (AvgIpc) is 3.22. The number of anilines is 2. The van der Waals surface area contributed by atoms with Crippen molar-refractivity contribution in [3.05, 3.63) is 36.5 Å². The molecule has 2 aliphatic rings. The Hall–Kier alpha value is -2.76. The number of aromatic nitrogens is 2. The molecular formula is C21H23N5O4S2. The molecule has 5 rings (SSSR count). The van der Waals surface area contributed by atoms with Crippen molar-refractivity contribution in [2.24, 2.45) is 0 Å². The SMILES string of the molecule is CC(=O)N1C[C@H](C)Oc2ccc(S(=O)(=O)N3CCN(c4nc5cccnc5s4)CC3)cc21. The summed E-state index contributed by atoms with van der Waals surface area (Å²) in [6, 6.07) is 8.51. The molecule has 2 aliphatic heterocycles. The largest absolute Gasteiger partial charge is 0.487 e. The summed E-state index contributed by atoms with van der Waals surface area (Å²) in [6.45, 7) is 5.54. The van der Waals surface area contributed by atoms with Crippen LogP contribution in [0.2, 0.25) is 0 Å². The first-order valence-electron chi connectivity index (χ1n) is 10.4. The molecule has 9 nitrogen and oxygen atoms in total. The Balaban J connectivity index is 1.35. The van der Waals surface area contributed by atoms with Gasteiger partial charge >= 0.3 is 0 Å². The molecule has 11 heteroatoms. The van der Waals surface area contributed by atoms with E-state index in [2.05, 4.69) is 14.9 Å². The van der Waals surface area contributed by atoms with Gasteiger partial charge in [-0.1, -0.05) is 11.3 Å². The molecule has 1 saturated heterocycles. The Labute approximate surface area is 190 Å². The average molecular weight is 474 g/mol. The van der Waals surface area contributed by atoms with Crippen molar-refractivity contribution in [1.82, 2.24) is 14.3 Å². The van der Waals surface area contributed by atoms with Crippen molar-refractivity contribution < 1.29 is 17.9 Å². The Morgan fingerprint density at radius 2 is 1.97 bits per heavy atom. The molecule has 4 heterocycles. The zero-order valence-electron chi connectivity index (χ0n) is 17.8. The van der Waals surface area contributed by atoms with Crippen LogP contribution < -0.4 is 14.5 Å². The quantitative estimate of drug-likeness (QED) is 0.576.